The van der Waals surface area contributed by atoms with E-state index in [0.29, 0.717) is 13.0 Å². The van der Waals surface area contributed by atoms with Gasteiger partial charge in [-0.2, -0.15) is 0 Å². The molecular formula is C21H18FNO2S. The molecule has 3 aromatic rings. The van der Waals surface area contributed by atoms with Gasteiger partial charge in [0, 0.05) is 28.2 Å². The third-order valence-corrected chi connectivity index (χ3v) is 5.61. The fourth-order valence-electron chi connectivity index (χ4n) is 3.33. The van der Waals surface area contributed by atoms with Crippen LogP contribution in [0.15, 0.2) is 53.9 Å². The number of carbonyl (C=O) groups is 1. The number of hydrogen-bond donors (Lipinski definition) is 1. The van der Waals surface area contributed by atoms with Crippen LogP contribution < -0.4 is 10.1 Å². The normalized spacial score (nSPS) is 16.1. The number of hydrogen-bond acceptors (Lipinski definition) is 3. The van der Waals surface area contributed by atoms with Crippen molar-refractivity contribution in [1.82, 2.24) is 0 Å². The minimum atomic E-state index is -0.271. The number of halogens is 1. The molecular weight excluding hydrogens is 349 g/mol. The van der Waals surface area contributed by atoms with Gasteiger partial charge in [0.25, 0.3) is 0 Å². The number of carbonyl (C=O) groups excluding carboxylic acids is 1. The smallest absolute Gasteiger partial charge is 0.225 e. The molecule has 132 valence electrons. The molecule has 2 heterocycles. The Hall–Kier alpha value is -2.66. The number of amides is 1. The molecule has 3 nitrogen and oxygen atoms in total. The molecule has 1 aliphatic heterocycles. The Morgan fingerprint density at radius 1 is 1.23 bits per heavy atom. The molecule has 1 unspecified atom stereocenters. The highest BCUT2D eigenvalue weighted by Crippen LogP contribution is 2.46. The Morgan fingerprint density at radius 2 is 2.04 bits per heavy atom. The number of benzene rings is 2. The first kappa shape index (κ1) is 16.8. The van der Waals surface area contributed by atoms with E-state index in [1.54, 1.807) is 23.5 Å². The van der Waals surface area contributed by atoms with Crippen molar-refractivity contribution >= 4 is 22.9 Å². The van der Waals surface area contributed by atoms with Gasteiger partial charge in [0.1, 0.15) is 11.6 Å². The average molecular weight is 367 g/mol. The number of rotatable bonds is 4. The lowest BCUT2D eigenvalue weighted by Crippen LogP contribution is -2.22. The number of thiophene rings is 1. The van der Waals surface area contributed by atoms with Crippen LogP contribution in [-0.4, -0.2) is 12.5 Å². The summed E-state index contributed by atoms with van der Waals surface area (Å²) >= 11 is 1.63. The summed E-state index contributed by atoms with van der Waals surface area (Å²) < 4.78 is 18.8. The number of ether oxygens (including phenoxy) is 1. The summed E-state index contributed by atoms with van der Waals surface area (Å²) in [7, 11) is 0. The maximum absolute atomic E-state index is 13.2. The van der Waals surface area contributed by atoms with Crippen LogP contribution in [-0.2, 0) is 4.79 Å². The van der Waals surface area contributed by atoms with E-state index in [1.165, 1.54) is 12.1 Å². The van der Waals surface area contributed by atoms with E-state index in [-0.39, 0.29) is 17.6 Å². The fraction of sp³-hybridized carbons (Fsp3) is 0.190. The summed E-state index contributed by atoms with van der Waals surface area (Å²) in [5.41, 5.74) is 3.74. The van der Waals surface area contributed by atoms with Crippen LogP contribution in [0.2, 0.25) is 0 Å². The molecule has 1 N–H and O–H groups in total. The molecule has 26 heavy (non-hydrogen) atoms. The third kappa shape index (κ3) is 3.10. The quantitative estimate of drug-likeness (QED) is 0.668. The van der Waals surface area contributed by atoms with Crippen LogP contribution in [0.25, 0.3) is 11.1 Å². The molecule has 4 rings (SSSR count). The molecule has 5 heteroatoms. The zero-order chi connectivity index (χ0) is 18.1. The second-order valence-electron chi connectivity index (χ2n) is 6.21. The summed E-state index contributed by atoms with van der Waals surface area (Å²) in [6, 6.07) is 14.3. The van der Waals surface area contributed by atoms with E-state index in [0.717, 1.165) is 33.0 Å². The molecule has 0 saturated heterocycles. The van der Waals surface area contributed by atoms with Crippen LogP contribution in [0.1, 0.15) is 29.7 Å². The first-order valence-corrected chi connectivity index (χ1v) is 9.43. The molecule has 0 fully saturated rings. The number of anilines is 1. The lowest BCUT2D eigenvalue weighted by atomic mass is 9.89. The minimum absolute atomic E-state index is 0.00152. The molecule has 0 bridgehead atoms. The van der Waals surface area contributed by atoms with Gasteiger partial charge in [-0.15, -0.1) is 11.3 Å². The summed E-state index contributed by atoms with van der Waals surface area (Å²) in [4.78, 5) is 13.5. The SMILES string of the molecule is CCOc1cccc(C2CC(=O)Nc3c(-c4ccc(F)cc4)csc32)c1. The Kier molecular flexibility index (Phi) is 4.47. The summed E-state index contributed by atoms with van der Waals surface area (Å²) in [6.45, 7) is 2.56. The Labute approximate surface area is 155 Å². The van der Waals surface area contributed by atoms with Crippen molar-refractivity contribution in [3.63, 3.8) is 0 Å². The monoisotopic (exact) mass is 367 g/mol. The zero-order valence-corrected chi connectivity index (χ0v) is 15.1. The van der Waals surface area contributed by atoms with Crippen molar-refractivity contribution < 1.29 is 13.9 Å². The Balaban J connectivity index is 1.76. The highest BCUT2D eigenvalue weighted by Gasteiger charge is 2.30. The van der Waals surface area contributed by atoms with Crippen molar-refractivity contribution in [1.29, 1.82) is 0 Å². The number of fused-ring (bicyclic) bond motifs is 1. The molecule has 1 atom stereocenters. The van der Waals surface area contributed by atoms with Gasteiger partial charge in [0.05, 0.1) is 12.3 Å². The van der Waals surface area contributed by atoms with Crippen molar-refractivity contribution in [2.24, 2.45) is 0 Å². The first-order chi connectivity index (χ1) is 12.7. The second kappa shape index (κ2) is 6.92. The van der Waals surface area contributed by atoms with Crippen molar-refractivity contribution in [2.75, 3.05) is 11.9 Å². The van der Waals surface area contributed by atoms with Crippen molar-refractivity contribution in [3.05, 3.63) is 70.2 Å². The van der Waals surface area contributed by atoms with Crippen LogP contribution in [0.5, 0.6) is 5.75 Å². The van der Waals surface area contributed by atoms with Crippen molar-refractivity contribution in [3.8, 4) is 16.9 Å². The van der Waals surface area contributed by atoms with E-state index in [4.69, 9.17) is 4.74 Å². The highest BCUT2D eigenvalue weighted by molar-refractivity contribution is 7.11. The Morgan fingerprint density at radius 3 is 2.81 bits per heavy atom. The van der Waals surface area contributed by atoms with Crippen LogP contribution in [0.4, 0.5) is 10.1 Å². The molecule has 1 aliphatic rings. The highest BCUT2D eigenvalue weighted by atomic mass is 32.1. The lowest BCUT2D eigenvalue weighted by Gasteiger charge is -2.24. The van der Waals surface area contributed by atoms with Crippen molar-refractivity contribution in [2.45, 2.75) is 19.3 Å². The predicted octanol–water partition coefficient (Wildman–Crippen LogP) is 5.43. The molecule has 0 saturated carbocycles. The molecule has 0 aliphatic carbocycles. The van der Waals surface area contributed by atoms with Gasteiger partial charge in [0.15, 0.2) is 0 Å². The average Bonchev–Trinajstić information content (AvgIpc) is 3.06. The standard InChI is InChI=1S/C21H18FNO2S/c1-2-25-16-5-3-4-14(10-16)17-11-19(24)23-20-18(12-26-21(17)20)13-6-8-15(22)9-7-13/h3-10,12,17H,2,11H2,1H3,(H,23,24). The zero-order valence-electron chi connectivity index (χ0n) is 14.3. The summed E-state index contributed by atoms with van der Waals surface area (Å²) in [5, 5.41) is 5.04. The van der Waals surface area contributed by atoms with E-state index in [1.807, 2.05) is 36.6 Å². The maximum Gasteiger partial charge on any atom is 0.225 e. The van der Waals surface area contributed by atoms with E-state index >= 15 is 0 Å². The first-order valence-electron chi connectivity index (χ1n) is 8.55. The third-order valence-electron chi connectivity index (χ3n) is 4.52. The van der Waals surface area contributed by atoms with Gasteiger partial charge in [0.2, 0.25) is 5.91 Å². The van der Waals surface area contributed by atoms with Gasteiger partial charge in [-0.25, -0.2) is 4.39 Å². The fourth-order valence-corrected chi connectivity index (χ4v) is 4.49. The predicted molar refractivity (Wildman–Crippen MR) is 102 cm³/mol. The van der Waals surface area contributed by atoms with Gasteiger partial charge in [-0.1, -0.05) is 24.3 Å². The maximum atomic E-state index is 13.2. The summed E-state index contributed by atoms with van der Waals surface area (Å²) in [5.74, 6) is 0.532. The van der Waals surface area contributed by atoms with Gasteiger partial charge in [-0.3, -0.25) is 4.79 Å². The topological polar surface area (TPSA) is 38.3 Å². The summed E-state index contributed by atoms with van der Waals surface area (Å²) in [6.07, 6.45) is 0.409. The number of nitrogens with one attached hydrogen (secondary N) is 1. The van der Waals surface area contributed by atoms with Crippen LogP contribution in [0, 0.1) is 5.82 Å². The van der Waals surface area contributed by atoms with Gasteiger partial charge < -0.3 is 10.1 Å². The molecule has 1 aromatic heterocycles. The lowest BCUT2D eigenvalue weighted by molar-refractivity contribution is -0.116. The van der Waals surface area contributed by atoms with Gasteiger partial charge >= 0.3 is 0 Å². The minimum Gasteiger partial charge on any atom is -0.494 e. The molecule has 0 spiro atoms. The molecule has 0 radical (unpaired) electrons. The molecule has 2 aromatic carbocycles. The van der Waals surface area contributed by atoms with E-state index in [9.17, 15) is 9.18 Å². The van der Waals surface area contributed by atoms with Crippen LogP contribution in [0.3, 0.4) is 0 Å². The second-order valence-corrected chi connectivity index (χ2v) is 7.12. The van der Waals surface area contributed by atoms with Gasteiger partial charge in [-0.05, 0) is 42.3 Å². The van der Waals surface area contributed by atoms with E-state index in [2.05, 4.69) is 5.32 Å². The molecule has 1 amide bonds. The largest absolute Gasteiger partial charge is 0.494 e. The van der Waals surface area contributed by atoms with E-state index < -0.39 is 0 Å². The van der Waals surface area contributed by atoms with Crippen LogP contribution >= 0.6 is 11.3 Å². The Bertz CT molecular complexity index is 949.